The molecule has 2 N–H and O–H groups in total. The second-order valence-corrected chi connectivity index (χ2v) is 4.52. The third-order valence-electron chi connectivity index (χ3n) is 2.50. The first-order valence-electron chi connectivity index (χ1n) is 6.69. The molecule has 10 heteroatoms. The number of rotatable bonds is 5. The van der Waals surface area contributed by atoms with Gasteiger partial charge in [-0.1, -0.05) is 12.1 Å². The van der Waals surface area contributed by atoms with E-state index in [4.69, 9.17) is 5.26 Å². The number of amides is 3. The number of hydrogen-bond acceptors (Lipinski definition) is 5. The largest absolute Gasteiger partial charge is 0.452 e. The molecular formula is C15H12F3N3O4. The van der Waals surface area contributed by atoms with Crippen LogP contribution in [0.15, 0.2) is 30.3 Å². The normalized spacial score (nSPS) is 10.8. The number of hydrogen-bond donors (Lipinski definition) is 2. The Bertz CT molecular complexity index is 706. The third-order valence-corrected chi connectivity index (χ3v) is 2.50. The third kappa shape index (κ3) is 8.75. The van der Waals surface area contributed by atoms with E-state index >= 15 is 0 Å². The van der Waals surface area contributed by atoms with Gasteiger partial charge < -0.3 is 10.1 Å². The lowest BCUT2D eigenvalue weighted by Gasteiger charge is -2.08. The van der Waals surface area contributed by atoms with Crippen LogP contribution in [0.5, 0.6) is 0 Å². The maximum atomic E-state index is 11.9. The van der Waals surface area contributed by atoms with Crippen LogP contribution in [0.3, 0.4) is 0 Å². The quantitative estimate of drug-likeness (QED) is 0.615. The minimum absolute atomic E-state index is 0.445. The number of nitrogens with one attached hydrogen (secondary N) is 2. The zero-order valence-electron chi connectivity index (χ0n) is 12.6. The Morgan fingerprint density at radius 3 is 2.40 bits per heavy atom. The van der Waals surface area contributed by atoms with Crippen molar-refractivity contribution in [2.75, 3.05) is 13.2 Å². The van der Waals surface area contributed by atoms with Gasteiger partial charge in [0.2, 0.25) is 0 Å². The number of nitrogens with zero attached hydrogens (tertiary/aromatic N) is 1. The van der Waals surface area contributed by atoms with Gasteiger partial charge in [-0.2, -0.15) is 18.4 Å². The number of carbonyl (C=O) groups excluding carboxylic acids is 3. The fraction of sp³-hybridized carbons (Fsp3) is 0.200. The zero-order chi connectivity index (χ0) is 18.9. The van der Waals surface area contributed by atoms with Gasteiger partial charge in [-0.3, -0.25) is 10.1 Å². The fourth-order valence-corrected chi connectivity index (χ4v) is 1.41. The highest BCUT2D eigenvalue weighted by atomic mass is 19.4. The SMILES string of the molecule is N#Cc1ccc(/C=C/C(=O)OCC(=O)NC(=O)NCC(F)(F)F)cc1. The lowest BCUT2D eigenvalue weighted by atomic mass is 10.1. The monoisotopic (exact) mass is 355 g/mol. The Balaban J connectivity index is 2.35. The highest BCUT2D eigenvalue weighted by Crippen LogP contribution is 2.11. The molecular weight excluding hydrogens is 343 g/mol. The van der Waals surface area contributed by atoms with Crippen LogP contribution in [0, 0.1) is 11.3 Å². The van der Waals surface area contributed by atoms with E-state index < -0.39 is 37.2 Å². The van der Waals surface area contributed by atoms with Crippen molar-refractivity contribution < 1.29 is 32.3 Å². The van der Waals surface area contributed by atoms with Crippen LogP contribution in [0.25, 0.3) is 6.08 Å². The second-order valence-electron chi connectivity index (χ2n) is 4.52. The molecule has 1 aromatic carbocycles. The van der Waals surface area contributed by atoms with Gasteiger partial charge in [0.25, 0.3) is 5.91 Å². The zero-order valence-corrected chi connectivity index (χ0v) is 12.6. The number of ether oxygens (including phenoxy) is 1. The molecule has 0 saturated heterocycles. The molecule has 3 amide bonds. The average Bonchev–Trinajstić information content (AvgIpc) is 2.56. The van der Waals surface area contributed by atoms with Crippen molar-refractivity contribution in [1.29, 1.82) is 5.26 Å². The van der Waals surface area contributed by atoms with Crippen molar-refractivity contribution in [3.8, 4) is 6.07 Å². The summed E-state index contributed by atoms with van der Waals surface area (Å²) in [5.74, 6) is -1.98. The lowest BCUT2D eigenvalue weighted by Crippen LogP contribution is -2.44. The summed E-state index contributed by atoms with van der Waals surface area (Å²) < 4.78 is 40.1. The molecule has 0 bridgehead atoms. The van der Waals surface area contributed by atoms with Crippen molar-refractivity contribution in [2.45, 2.75) is 6.18 Å². The van der Waals surface area contributed by atoms with Crippen molar-refractivity contribution in [1.82, 2.24) is 10.6 Å². The number of alkyl halides is 3. The van der Waals surface area contributed by atoms with Crippen LogP contribution < -0.4 is 10.6 Å². The molecule has 0 aliphatic carbocycles. The number of carbonyl (C=O) groups is 3. The molecule has 0 unspecified atom stereocenters. The predicted octanol–water partition coefficient (Wildman–Crippen LogP) is 1.50. The Morgan fingerprint density at radius 1 is 1.20 bits per heavy atom. The highest BCUT2D eigenvalue weighted by molar-refractivity contribution is 5.96. The van der Waals surface area contributed by atoms with Crippen molar-refractivity contribution in [3.63, 3.8) is 0 Å². The van der Waals surface area contributed by atoms with Gasteiger partial charge in [0.05, 0.1) is 11.6 Å². The number of nitriles is 1. The minimum atomic E-state index is -4.61. The van der Waals surface area contributed by atoms with Gasteiger partial charge in [-0.05, 0) is 23.8 Å². The number of imide groups is 1. The molecule has 0 fully saturated rings. The van der Waals surface area contributed by atoms with Gasteiger partial charge in [-0.15, -0.1) is 0 Å². The summed E-state index contributed by atoms with van der Waals surface area (Å²) in [4.78, 5) is 33.6. The number of halogens is 3. The molecule has 0 aliphatic heterocycles. The second kappa shape index (κ2) is 9.07. The minimum Gasteiger partial charge on any atom is -0.452 e. The first-order valence-corrected chi connectivity index (χ1v) is 6.69. The number of benzene rings is 1. The van der Waals surface area contributed by atoms with Crippen LogP contribution in [-0.4, -0.2) is 37.2 Å². The van der Waals surface area contributed by atoms with Crippen molar-refractivity contribution >= 4 is 24.0 Å². The van der Waals surface area contributed by atoms with E-state index in [1.807, 2.05) is 6.07 Å². The molecule has 132 valence electrons. The number of urea groups is 1. The van der Waals surface area contributed by atoms with E-state index in [1.165, 1.54) is 23.5 Å². The molecule has 7 nitrogen and oxygen atoms in total. The topological polar surface area (TPSA) is 108 Å². The van der Waals surface area contributed by atoms with Crippen LogP contribution >= 0.6 is 0 Å². The molecule has 25 heavy (non-hydrogen) atoms. The molecule has 0 heterocycles. The molecule has 1 aromatic rings. The van der Waals surface area contributed by atoms with Gasteiger partial charge in [0, 0.05) is 6.08 Å². The first kappa shape index (κ1) is 19.7. The highest BCUT2D eigenvalue weighted by Gasteiger charge is 2.27. The summed E-state index contributed by atoms with van der Waals surface area (Å²) in [6.07, 6.45) is -2.22. The van der Waals surface area contributed by atoms with E-state index in [0.29, 0.717) is 11.1 Å². The van der Waals surface area contributed by atoms with E-state index in [9.17, 15) is 27.6 Å². The van der Waals surface area contributed by atoms with Crippen LogP contribution in [0.4, 0.5) is 18.0 Å². The molecule has 0 atom stereocenters. The Hall–Kier alpha value is -3.35. The fourth-order valence-electron chi connectivity index (χ4n) is 1.41. The maximum absolute atomic E-state index is 11.9. The first-order chi connectivity index (χ1) is 11.7. The maximum Gasteiger partial charge on any atom is 0.405 e. The van der Waals surface area contributed by atoms with Gasteiger partial charge in [0.1, 0.15) is 6.54 Å². The van der Waals surface area contributed by atoms with Crippen LogP contribution in [-0.2, 0) is 14.3 Å². The molecule has 0 radical (unpaired) electrons. The predicted molar refractivity (Wildman–Crippen MR) is 78.7 cm³/mol. The molecule has 1 rings (SSSR count). The van der Waals surface area contributed by atoms with Gasteiger partial charge in [-0.25, -0.2) is 9.59 Å². The van der Waals surface area contributed by atoms with E-state index in [0.717, 1.165) is 6.08 Å². The Kier molecular flexibility index (Phi) is 7.15. The Labute approximate surface area is 140 Å². The van der Waals surface area contributed by atoms with Crippen molar-refractivity contribution in [3.05, 3.63) is 41.5 Å². The van der Waals surface area contributed by atoms with E-state index in [1.54, 1.807) is 17.4 Å². The standard InChI is InChI=1S/C15H12F3N3O4/c16-15(17,18)9-20-14(24)21-12(22)8-25-13(23)6-5-10-1-3-11(7-19)4-2-10/h1-6H,8-9H2,(H2,20,21,22,24)/b6-5+. The molecule has 0 spiro atoms. The van der Waals surface area contributed by atoms with Crippen LogP contribution in [0.1, 0.15) is 11.1 Å². The summed E-state index contributed by atoms with van der Waals surface area (Å²) in [6, 6.07) is 6.82. The van der Waals surface area contributed by atoms with Gasteiger partial charge in [0.15, 0.2) is 6.61 Å². The van der Waals surface area contributed by atoms with E-state index in [-0.39, 0.29) is 0 Å². The van der Waals surface area contributed by atoms with Gasteiger partial charge >= 0.3 is 18.2 Å². The van der Waals surface area contributed by atoms with Crippen molar-refractivity contribution in [2.24, 2.45) is 0 Å². The summed E-state index contributed by atoms with van der Waals surface area (Å²) >= 11 is 0. The van der Waals surface area contributed by atoms with Crippen LogP contribution in [0.2, 0.25) is 0 Å². The summed E-state index contributed by atoms with van der Waals surface area (Å²) in [7, 11) is 0. The lowest BCUT2D eigenvalue weighted by molar-refractivity contribution is -0.143. The summed E-state index contributed by atoms with van der Waals surface area (Å²) in [5.41, 5.74) is 1.05. The molecule has 0 saturated carbocycles. The average molecular weight is 355 g/mol. The summed E-state index contributed by atoms with van der Waals surface area (Å²) in [6.45, 7) is -2.44. The van der Waals surface area contributed by atoms with E-state index in [2.05, 4.69) is 4.74 Å². The Morgan fingerprint density at radius 2 is 1.84 bits per heavy atom. The molecule has 0 aliphatic rings. The smallest absolute Gasteiger partial charge is 0.405 e. The molecule has 0 aromatic heterocycles. The summed E-state index contributed by atoms with van der Waals surface area (Å²) in [5, 5.41) is 11.6. The number of esters is 1.